The second-order valence-electron chi connectivity index (χ2n) is 10.8. The van der Waals surface area contributed by atoms with E-state index >= 15 is 0 Å². The summed E-state index contributed by atoms with van der Waals surface area (Å²) < 4.78 is 0. The largest absolute Gasteiger partial charge is 0.378 e. The second kappa shape index (κ2) is 7.63. The molecule has 1 aromatic rings. The van der Waals surface area contributed by atoms with E-state index in [4.69, 9.17) is 0 Å². The van der Waals surface area contributed by atoms with Crippen molar-refractivity contribution in [1.29, 1.82) is 0 Å². The van der Waals surface area contributed by atoms with Crippen LogP contribution < -0.4 is 4.90 Å². The zero-order valence-electron chi connectivity index (χ0n) is 19.9. The van der Waals surface area contributed by atoms with Crippen LogP contribution in [0.1, 0.15) is 70.3 Å². The van der Waals surface area contributed by atoms with Crippen LogP contribution in [0.15, 0.2) is 47.1 Å². The molecule has 0 aliphatic heterocycles. The Kier molecular flexibility index (Phi) is 5.13. The highest BCUT2D eigenvalue weighted by Gasteiger charge is 2.62. The summed E-state index contributed by atoms with van der Waals surface area (Å²) >= 11 is 0. The molecule has 1 N–H and O–H groups in total. The van der Waals surface area contributed by atoms with Crippen LogP contribution in [0.5, 0.6) is 0 Å². The monoisotopic (exact) mass is 429 g/mol. The van der Waals surface area contributed by atoms with Gasteiger partial charge in [-0.1, -0.05) is 36.6 Å². The van der Waals surface area contributed by atoms with Crippen LogP contribution in [0.3, 0.4) is 0 Å². The maximum atomic E-state index is 12.2. The van der Waals surface area contributed by atoms with E-state index in [0.717, 1.165) is 32.1 Å². The van der Waals surface area contributed by atoms with Gasteiger partial charge in [-0.15, -0.1) is 5.92 Å². The van der Waals surface area contributed by atoms with E-state index in [2.05, 4.69) is 68.1 Å². The first-order valence-corrected chi connectivity index (χ1v) is 12.1. The standard InChI is InChI=1S/C29H35NO2/c1-5-15-29(32)16-14-26-24-12-8-20-17-22(31)11-13-23(20)27(24)25(18-28(26,29)2)19-6-9-21(10-7-19)30(3)4/h6-10,24-26,32H,11-14,16-18H2,1-4H3/t24?,25-,26?,28+,29+/m1/s1. The van der Waals surface area contributed by atoms with Crippen LogP contribution in [0.25, 0.3) is 0 Å². The van der Waals surface area contributed by atoms with Gasteiger partial charge in [0.15, 0.2) is 0 Å². The molecule has 0 amide bonds. The summed E-state index contributed by atoms with van der Waals surface area (Å²) in [5.41, 5.74) is 5.70. The van der Waals surface area contributed by atoms with Crippen molar-refractivity contribution in [1.82, 2.24) is 0 Å². The van der Waals surface area contributed by atoms with Crippen molar-refractivity contribution in [2.45, 2.75) is 70.3 Å². The molecule has 3 nitrogen and oxygen atoms in total. The highest BCUT2D eigenvalue weighted by molar-refractivity contribution is 5.84. The molecule has 2 unspecified atom stereocenters. The van der Waals surface area contributed by atoms with Crippen molar-refractivity contribution in [3.8, 4) is 11.8 Å². The molecule has 3 heteroatoms. The average Bonchev–Trinajstić information content (AvgIpc) is 3.03. The number of hydrogen-bond donors (Lipinski definition) is 1. The Balaban J connectivity index is 1.65. The van der Waals surface area contributed by atoms with Crippen LogP contribution in [0, 0.1) is 29.1 Å². The van der Waals surface area contributed by atoms with Crippen LogP contribution in [-0.2, 0) is 4.79 Å². The van der Waals surface area contributed by atoms with Crippen LogP contribution in [0.4, 0.5) is 5.69 Å². The number of allylic oxidation sites excluding steroid dienone is 4. The van der Waals surface area contributed by atoms with Gasteiger partial charge in [-0.05, 0) is 79.7 Å². The number of ketones is 1. The third-order valence-corrected chi connectivity index (χ3v) is 9.01. The molecule has 5 atom stereocenters. The minimum absolute atomic E-state index is 0.231. The first-order valence-electron chi connectivity index (χ1n) is 12.1. The molecule has 0 spiro atoms. The van der Waals surface area contributed by atoms with E-state index in [9.17, 15) is 9.90 Å². The van der Waals surface area contributed by atoms with Gasteiger partial charge in [0.2, 0.25) is 0 Å². The number of nitrogens with zero attached hydrogens (tertiary/aromatic N) is 1. The fourth-order valence-corrected chi connectivity index (χ4v) is 7.32. The Labute approximate surface area is 192 Å². The Morgan fingerprint density at radius 3 is 2.59 bits per heavy atom. The Hall–Kier alpha value is -2.31. The van der Waals surface area contributed by atoms with Crippen LogP contribution in [-0.4, -0.2) is 30.6 Å². The summed E-state index contributed by atoms with van der Waals surface area (Å²) in [7, 11) is 4.14. The first-order chi connectivity index (χ1) is 15.3. The van der Waals surface area contributed by atoms with Crippen molar-refractivity contribution >= 4 is 11.5 Å². The van der Waals surface area contributed by atoms with Crippen molar-refractivity contribution in [3.05, 3.63) is 52.6 Å². The van der Waals surface area contributed by atoms with E-state index in [0.29, 0.717) is 30.5 Å². The van der Waals surface area contributed by atoms with E-state index < -0.39 is 5.60 Å². The lowest BCUT2D eigenvalue weighted by Gasteiger charge is -2.53. The quantitative estimate of drug-likeness (QED) is 0.640. The summed E-state index contributed by atoms with van der Waals surface area (Å²) in [6.45, 7) is 4.14. The van der Waals surface area contributed by atoms with Gasteiger partial charge in [0.05, 0.1) is 0 Å². The van der Waals surface area contributed by atoms with E-state index in [1.807, 2.05) is 6.92 Å². The molecule has 4 aliphatic carbocycles. The minimum Gasteiger partial charge on any atom is -0.378 e. The molecule has 1 aromatic carbocycles. The zero-order chi connectivity index (χ0) is 22.7. The Bertz CT molecular complexity index is 1070. The highest BCUT2D eigenvalue weighted by atomic mass is 16.3. The predicted octanol–water partition coefficient (Wildman–Crippen LogP) is 5.41. The van der Waals surface area contributed by atoms with E-state index in [1.54, 1.807) is 5.57 Å². The van der Waals surface area contributed by atoms with E-state index in [-0.39, 0.29) is 11.3 Å². The third-order valence-electron chi connectivity index (χ3n) is 9.01. The number of benzene rings is 1. The number of hydrogen-bond acceptors (Lipinski definition) is 3. The molecule has 0 aromatic heterocycles. The molecule has 4 aliphatic rings. The van der Waals surface area contributed by atoms with Gasteiger partial charge >= 0.3 is 0 Å². The van der Waals surface area contributed by atoms with Gasteiger partial charge in [0, 0.05) is 44.0 Å². The summed E-state index contributed by atoms with van der Waals surface area (Å²) in [6, 6.07) is 8.97. The van der Waals surface area contributed by atoms with Gasteiger partial charge in [0.1, 0.15) is 11.4 Å². The lowest BCUT2D eigenvalue weighted by Crippen LogP contribution is -2.50. The molecule has 0 radical (unpaired) electrons. The number of fused-ring (bicyclic) bond motifs is 4. The third kappa shape index (κ3) is 3.11. The lowest BCUT2D eigenvalue weighted by molar-refractivity contribution is -0.118. The smallest absolute Gasteiger partial charge is 0.137 e. The summed E-state index contributed by atoms with van der Waals surface area (Å²) in [5, 5.41) is 11.7. The van der Waals surface area contributed by atoms with Crippen molar-refractivity contribution in [2.75, 3.05) is 19.0 Å². The SMILES string of the molecule is CC#C[C@]1(O)CCC2C3CC=C4CC(=O)CCC4=C3[C@@H](c3ccc(N(C)C)cc3)C[C@@]21C. The number of anilines is 1. The molecular weight excluding hydrogens is 394 g/mol. The molecule has 168 valence electrons. The molecule has 0 bridgehead atoms. The second-order valence-corrected chi connectivity index (χ2v) is 10.8. The summed E-state index contributed by atoms with van der Waals surface area (Å²) in [5.74, 6) is 7.79. The maximum Gasteiger partial charge on any atom is 0.137 e. The number of carbonyl (C=O) groups excluding carboxylic acids is 1. The Morgan fingerprint density at radius 2 is 1.91 bits per heavy atom. The normalized spacial score (nSPS) is 35.8. The first kappa shape index (κ1) is 21.5. The molecular formula is C29H35NO2. The van der Waals surface area contributed by atoms with Crippen molar-refractivity contribution < 1.29 is 9.90 Å². The zero-order valence-corrected chi connectivity index (χ0v) is 19.9. The van der Waals surface area contributed by atoms with Gasteiger partial charge < -0.3 is 10.0 Å². The van der Waals surface area contributed by atoms with Gasteiger partial charge in [-0.2, -0.15) is 0 Å². The average molecular weight is 430 g/mol. The molecule has 5 rings (SSSR count). The molecule has 3 saturated carbocycles. The fraction of sp³-hybridized carbons (Fsp3) is 0.552. The lowest BCUT2D eigenvalue weighted by atomic mass is 9.51. The topological polar surface area (TPSA) is 40.5 Å². The summed E-state index contributed by atoms with van der Waals surface area (Å²) in [4.78, 5) is 14.3. The van der Waals surface area contributed by atoms with E-state index in [1.165, 1.54) is 22.4 Å². The van der Waals surface area contributed by atoms with Crippen LogP contribution >= 0.6 is 0 Å². The Morgan fingerprint density at radius 1 is 1.16 bits per heavy atom. The maximum absolute atomic E-state index is 12.2. The van der Waals surface area contributed by atoms with Gasteiger partial charge in [0.25, 0.3) is 0 Å². The van der Waals surface area contributed by atoms with Crippen LogP contribution in [0.2, 0.25) is 0 Å². The number of Topliss-reactive ketones (excluding diaryl/α,β-unsaturated/α-hetero) is 1. The van der Waals surface area contributed by atoms with Gasteiger partial charge in [-0.25, -0.2) is 0 Å². The number of carbonyl (C=O) groups is 1. The predicted molar refractivity (Wildman–Crippen MR) is 129 cm³/mol. The molecule has 3 fully saturated rings. The number of aliphatic hydroxyl groups is 1. The molecule has 0 heterocycles. The highest BCUT2D eigenvalue weighted by Crippen LogP contribution is 2.66. The fourth-order valence-electron chi connectivity index (χ4n) is 7.32. The van der Waals surface area contributed by atoms with Crippen molar-refractivity contribution in [3.63, 3.8) is 0 Å². The number of rotatable bonds is 2. The molecule has 32 heavy (non-hydrogen) atoms. The minimum atomic E-state index is -0.920. The molecule has 0 saturated heterocycles. The van der Waals surface area contributed by atoms with Gasteiger partial charge in [-0.3, -0.25) is 4.79 Å². The summed E-state index contributed by atoms with van der Waals surface area (Å²) in [6.07, 6.45) is 8.19. The van der Waals surface area contributed by atoms with Crippen molar-refractivity contribution in [2.24, 2.45) is 17.3 Å².